The molecule has 2 aromatic carbocycles. The van der Waals surface area contributed by atoms with Gasteiger partial charge in [0, 0.05) is 5.02 Å². The maximum absolute atomic E-state index is 9.80. The minimum absolute atomic E-state index is 0.435. The first-order valence-corrected chi connectivity index (χ1v) is 6.72. The number of rotatable bonds is 5. The van der Waals surface area contributed by atoms with Crippen LogP contribution >= 0.6 is 11.6 Å². The molecule has 2 nitrogen and oxygen atoms in total. The lowest BCUT2D eigenvalue weighted by atomic mass is 10.1. The summed E-state index contributed by atoms with van der Waals surface area (Å²) in [7, 11) is 0. The Morgan fingerprint density at radius 3 is 2.68 bits per heavy atom. The highest BCUT2D eigenvalue weighted by molar-refractivity contribution is 6.30. The number of hydrogen-bond donors (Lipinski definition) is 1. The largest absolute Gasteiger partial charge is 0.489 e. The van der Waals surface area contributed by atoms with Crippen LogP contribution < -0.4 is 4.74 Å². The van der Waals surface area contributed by atoms with Gasteiger partial charge in [0.25, 0.3) is 0 Å². The fourth-order valence-electron chi connectivity index (χ4n) is 1.84. The molecule has 0 aromatic heterocycles. The van der Waals surface area contributed by atoms with Crippen molar-refractivity contribution in [3.8, 4) is 5.75 Å². The van der Waals surface area contributed by atoms with Crippen molar-refractivity contribution in [1.82, 2.24) is 0 Å². The summed E-state index contributed by atoms with van der Waals surface area (Å²) in [6, 6.07) is 15.1. The van der Waals surface area contributed by atoms with Crippen LogP contribution in [0.25, 0.3) is 0 Å². The topological polar surface area (TPSA) is 29.5 Å². The molecule has 1 atom stereocenters. The van der Waals surface area contributed by atoms with Gasteiger partial charge in [-0.2, -0.15) is 0 Å². The number of halogens is 1. The summed E-state index contributed by atoms with van der Waals surface area (Å²) in [5.74, 6) is 0.755. The molecule has 19 heavy (non-hydrogen) atoms. The Labute approximate surface area is 118 Å². The Balaban J connectivity index is 2.03. The fraction of sp³-hybridized carbons (Fsp3) is 0.250. The van der Waals surface area contributed by atoms with E-state index in [4.69, 9.17) is 16.3 Å². The van der Waals surface area contributed by atoms with Crippen molar-refractivity contribution in [2.24, 2.45) is 0 Å². The quantitative estimate of drug-likeness (QED) is 0.879. The molecule has 0 amide bonds. The average Bonchev–Trinajstić information content (AvgIpc) is 2.45. The summed E-state index contributed by atoms with van der Waals surface area (Å²) in [4.78, 5) is 0. The Bertz CT molecular complexity index is 540. The van der Waals surface area contributed by atoms with Crippen LogP contribution in [0.1, 0.15) is 30.6 Å². The maximum atomic E-state index is 9.80. The third-order valence-electron chi connectivity index (χ3n) is 2.92. The molecule has 0 fully saturated rings. The second-order valence-corrected chi connectivity index (χ2v) is 4.85. The van der Waals surface area contributed by atoms with E-state index >= 15 is 0 Å². The molecule has 2 aromatic rings. The highest BCUT2D eigenvalue weighted by Crippen LogP contribution is 2.22. The van der Waals surface area contributed by atoms with E-state index in [2.05, 4.69) is 0 Å². The van der Waals surface area contributed by atoms with E-state index in [1.54, 1.807) is 0 Å². The Kier molecular flexibility index (Phi) is 4.83. The number of ether oxygens (including phenoxy) is 1. The minimum Gasteiger partial charge on any atom is -0.489 e. The van der Waals surface area contributed by atoms with E-state index in [0.717, 1.165) is 16.9 Å². The molecule has 100 valence electrons. The molecular weight excluding hydrogens is 260 g/mol. The average molecular weight is 277 g/mol. The summed E-state index contributed by atoms with van der Waals surface area (Å²) < 4.78 is 5.71. The van der Waals surface area contributed by atoms with Gasteiger partial charge >= 0.3 is 0 Å². The molecule has 0 aliphatic carbocycles. The van der Waals surface area contributed by atoms with Crippen molar-refractivity contribution in [2.45, 2.75) is 26.1 Å². The first-order valence-electron chi connectivity index (χ1n) is 6.34. The molecule has 1 N–H and O–H groups in total. The molecular formula is C16H17ClO2. The van der Waals surface area contributed by atoms with E-state index in [1.807, 2.05) is 55.5 Å². The number of aliphatic hydroxyl groups excluding tert-OH is 1. The summed E-state index contributed by atoms with van der Waals surface area (Å²) in [6.07, 6.45) is 0.257. The first kappa shape index (κ1) is 13.9. The molecule has 1 unspecified atom stereocenters. The molecule has 0 saturated carbocycles. The summed E-state index contributed by atoms with van der Waals surface area (Å²) in [6.45, 7) is 2.41. The van der Waals surface area contributed by atoms with E-state index in [1.165, 1.54) is 0 Å². The van der Waals surface area contributed by atoms with Crippen LogP contribution in [0, 0.1) is 0 Å². The molecule has 0 spiro atoms. The normalized spacial score (nSPS) is 12.2. The van der Waals surface area contributed by atoms with Gasteiger partial charge in [0.05, 0.1) is 6.10 Å². The highest BCUT2D eigenvalue weighted by Gasteiger charge is 2.05. The third-order valence-corrected chi connectivity index (χ3v) is 3.16. The molecule has 0 aliphatic rings. The second kappa shape index (κ2) is 6.60. The Morgan fingerprint density at radius 1 is 1.16 bits per heavy atom. The van der Waals surface area contributed by atoms with Crippen molar-refractivity contribution in [3.63, 3.8) is 0 Å². The number of aliphatic hydroxyl groups is 1. The van der Waals surface area contributed by atoms with Crippen molar-refractivity contribution >= 4 is 11.6 Å². The van der Waals surface area contributed by atoms with Crippen LogP contribution in [0.4, 0.5) is 0 Å². The van der Waals surface area contributed by atoms with Crippen molar-refractivity contribution < 1.29 is 9.84 Å². The Hall–Kier alpha value is -1.51. The zero-order valence-electron chi connectivity index (χ0n) is 10.8. The summed E-state index contributed by atoms with van der Waals surface area (Å²) in [5, 5.41) is 10.5. The van der Waals surface area contributed by atoms with E-state index < -0.39 is 6.10 Å². The van der Waals surface area contributed by atoms with Gasteiger partial charge in [-0.15, -0.1) is 0 Å². The van der Waals surface area contributed by atoms with Gasteiger partial charge in [0.15, 0.2) is 0 Å². The van der Waals surface area contributed by atoms with Crippen LogP contribution in [0.2, 0.25) is 5.02 Å². The van der Waals surface area contributed by atoms with Crippen molar-refractivity contribution in [2.75, 3.05) is 0 Å². The molecule has 3 heteroatoms. The van der Waals surface area contributed by atoms with Crippen molar-refractivity contribution in [3.05, 3.63) is 64.7 Å². The lowest BCUT2D eigenvalue weighted by molar-refractivity contribution is 0.173. The monoisotopic (exact) mass is 276 g/mol. The van der Waals surface area contributed by atoms with E-state index in [9.17, 15) is 5.11 Å². The summed E-state index contributed by atoms with van der Waals surface area (Å²) >= 11 is 5.92. The molecule has 0 bridgehead atoms. The third kappa shape index (κ3) is 3.98. The van der Waals surface area contributed by atoms with E-state index in [0.29, 0.717) is 18.1 Å². The smallest absolute Gasteiger partial charge is 0.120 e. The minimum atomic E-state index is -0.435. The fourth-order valence-corrected chi connectivity index (χ4v) is 2.05. The lowest BCUT2D eigenvalue weighted by Crippen LogP contribution is -1.98. The zero-order valence-corrected chi connectivity index (χ0v) is 11.6. The molecule has 0 saturated heterocycles. The van der Waals surface area contributed by atoms with Crippen LogP contribution in [-0.4, -0.2) is 5.11 Å². The Morgan fingerprint density at radius 2 is 1.95 bits per heavy atom. The van der Waals surface area contributed by atoms with Crippen LogP contribution in [0.5, 0.6) is 5.75 Å². The van der Waals surface area contributed by atoms with Gasteiger partial charge in [-0.25, -0.2) is 0 Å². The predicted molar refractivity (Wildman–Crippen MR) is 77.5 cm³/mol. The lowest BCUT2D eigenvalue weighted by Gasteiger charge is -2.11. The SMILES string of the molecule is CCC(O)c1cccc(OCc2cccc(Cl)c2)c1. The highest BCUT2D eigenvalue weighted by atomic mass is 35.5. The standard InChI is InChI=1S/C16H17ClO2/c1-2-16(18)13-6-4-8-15(10-13)19-11-12-5-3-7-14(17)9-12/h3-10,16,18H,2,11H2,1H3. The number of hydrogen-bond acceptors (Lipinski definition) is 2. The maximum Gasteiger partial charge on any atom is 0.120 e. The van der Waals surface area contributed by atoms with Gasteiger partial charge in [-0.1, -0.05) is 42.8 Å². The van der Waals surface area contributed by atoms with Gasteiger partial charge < -0.3 is 9.84 Å². The van der Waals surface area contributed by atoms with Gasteiger partial charge in [-0.05, 0) is 41.8 Å². The molecule has 0 radical (unpaired) electrons. The molecule has 0 aliphatic heterocycles. The number of benzene rings is 2. The van der Waals surface area contributed by atoms with Crippen molar-refractivity contribution in [1.29, 1.82) is 0 Å². The van der Waals surface area contributed by atoms with Crippen LogP contribution in [0.3, 0.4) is 0 Å². The molecule has 2 rings (SSSR count). The first-order chi connectivity index (χ1) is 9.19. The van der Waals surface area contributed by atoms with E-state index in [-0.39, 0.29) is 0 Å². The summed E-state index contributed by atoms with van der Waals surface area (Å²) in [5.41, 5.74) is 1.90. The molecule has 0 heterocycles. The van der Waals surface area contributed by atoms with Crippen LogP contribution in [-0.2, 0) is 6.61 Å². The zero-order chi connectivity index (χ0) is 13.7. The van der Waals surface area contributed by atoms with Gasteiger partial charge in [0.1, 0.15) is 12.4 Å². The van der Waals surface area contributed by atoms with Gasteiger partial charge in [-0.3, -0.25) is 0 Å². The van der Waals surface area contributed by atoms with Crippen LogP contribution in [0.15, 0.2) is 48.5 Å². The van der Waals surface area contributed by atoms with Gasteiger partial charge in [0.2, 0.25) is 0 Å². The predicted octanol–water partition coefficient (Wildman–Crippen LogP) is 4.36. The second-order valence-electron chi connectivity index (χ2n) is 4.42.